The van der Waals surface area contributed by atoms with Crippen LogP contribution in [0.15, 0.2) is 60.7 Å². The van der Waals surface area contributed by atoms with E-state index in [2.05, 4.69) is 0 Å². The van der Waals surface area contributed by atoms with Crippen molar-refractivity contribution in [2.45, 2.75) is 32.6 Å². The highest BCUT2D eigenvalue weighted by atomic mass is 19.1. The van der Waals surface area contributed by atoms with Crippen molar-refractivity contribution in [2.24, 2.45) is 5.73 Å². The first kappa shape index (κ1) is 22.5. The number of carbonyl (C=O) groups is 1. The first-order valence-corrected chi connectivity index (χ1v) is 9.97. The SMILES string of the molecule is COCc1cc(COc2ccccc2CC(=O)O)cc(-c2cccc(C(C)N)c2F)c1. The number of ether oxygens (including phenoxy) is 2. The van der Waals surface area contributed by atoms with Gasteiger partial charge >= 0.3 is 5.97 Å². The quantitative estimate of drug-likeness (QED) is 0.513. The molecule has 3 rings (SSSR count). The molecule has 31 heavy (non-hydrogen) atoms. The predicted octanol–water partition coefficient (Wildman–Crippen LogP) is 4.86. The molecule has 0 saturated carbocycles. The van der Waals surface area contributed by atoms with E-state index in [0.717, 1.165) is 11.1 Å². The fraction of sp³-hybridized carbons (Fsp3) is 0.240. The van der Waals surface area contributed by atoms with E-state index in [1.165, 1.54) is 0 Å². The molecule has 0 aliphatic carbocycles. The topological polar surface area (TPSA) is 81.8 Å². The van der Waals surface area contributed by atoms with Crippen molar-refractivity contribution in [2.75, 3.05) is 7.11 Å². The van der Waals surface area contributed by atoms with Crippen LogP contribution < -0.4 is 10.5 Å². The summed E-state index contributed by atoms with van der Waals surface area (Å²) >= 11 is 0. The van der Waals surface area contributed by atoms with Crippen LogP contribution >= 0.6 is 0 Å². The van der Waals surface area contributed by atoms with Crippen molar-refractivity contribution in [3.8, 4) is 16.9 Å². The van der Waals surface area contributed by atoms with E-state index in [1.807, 2.05) is 18.2 Å². The van der Waals surface area contributed by atoms with Crippen molar-refractivity contribution >= 4 is 5.97 Å². The van der Waals surface area contributed by atoms with Crippen LogP contribution in [-0.2, 0) is 29.2 Å². The average Bonchev–Trinajstić information content (AvgIpc) is 2.73. The first-order chi connectivity index (χ1) is 14.9. The van der Waals surface area contributed by atoms with Gasteiger partial charge in [-0.2, -0.15) is 0 Å². The summed E-state index contributed by atoms with van der Waals surface area (Å²) in [6, 6.07) is 17.5. The molecule has 0 heterocycles. The van der Waals surface area contributed by atoms with E-state index in [0.29, 0.717) is 34.6 Å². The summed E-state index contributed by atoms with van der Waals surface area (Å²) in [6.45, 7) is 2.32. The number of halogens is 1. The Labute approximate surface area is 181 Å². The monoisotopic (exact) mass is 423 g/mol. The molecule has 0 fully saturated rings. The van der Waals surface area contributed by atoms with Gasteiger partial charge in [-0.05, 0) is 41.8 Å². The van der Waals surface area contributed by atoms with E-state index >= 15 is 4.39 Å². The Hall–Kier alpha value is -3.22. The van der Waals surface area contributed by atoms with E-state index in [-0.39, 0.29) is 18.8 Å². The van der Waals surface area contributed by atoms with Crippen LogP contribution in [0.4, 0.5) is 4.39 Å². The molecule has 1 unspecified atom stereocenters. The number of rotatable bonds is 9. The summed E-state index contributed by atoms with van der Waals surface area (Å²) in [5, 5.41) is 9.11. The van der Waals surface area contributed by atoms with Crippen molar-refractivity contribution < 1.29 is 23.8 Å². The predicted molar refractivity (Wildman–Crippen MR) is 117 cm³/mol. The standard InChI is InChI=1S/C25H26FNO4/c1-16(27)21-7-5-8-22(25(21)26)20-11-17(14-30-2)10-18(12-20)15-31-23-9-4-3-6-19(23)13-24(28)29/h3-12,16H,13-15,27H2,1-2H3,(H,28,29). The van der Waals surface area contributed by atoms with Gasteiger partial charge < -0.3 is 20.3 Å². The van der Waals surface area contributed by atoms with Gasteiger partial charge in [-0.15, -0.1) is 0 Å². The summed E-state index contributed by atoms with van der Waals surface area (Å²) in [6.07, 6.45) is -0.125. The Morgan fingerprint density at radius 1 is 1.06 bits per heavy atom. The molecule has 3 N–H and O–H groups in total. The lowest BCUT2D eigenvalue weighted by atomic mass is 9.96. The number of aliphatic carboxylic acids is 1. The molecule has 0 radical (unpaired) electrons. The number of hydrogen-bond donors (Lipinski definition) is 2. The van der Waals surface area contributed by atoms with E-state index < -0.39 is 12.0 Å². The molecule has 0 aliphatic heterocycles. The molecule has 5 nitrogen and oxygen atoms in total. The second kappa shape index (κ2) is 10.2. The lowest BCUT2D eigenvalue weighted by Crippen LogP contribution is -2.08. The molecule has 1 atom stereocenters. The minimum Gasteiger partial charge on any atom is -0.489 e. The summed E-state index contributed by atoms with van der Waals surface area (Å²) in [7, 11) is 1.60. The number of carboxylic acid groups (broad SMARTS) is 1. The summed E-state index contributed by atoms with van der Waals surface area (Å²) in [5.74, 6) is -0.760. The Bertz CT molecular complexity index is 1070. The number of carboxylic acids is 1. The lowest BCUT2D eigenvalue weighted by molar-refractivity contribution is -0.136. The third-order valence-corrected chi connectivity index (χ3v) is 4.90. The maximum atomic E-state index is 15.1. The van der Waals surface area contributed by atoms with Crippen molar-refractivity contribution in [3.63, 3.8) is 0 Å². The second-order valence-electron chi connectivity index (χ2n) is 7.44. The van der Waals surface area contributed by atoms with Crippen LogP contribution in [0.2, 0.25) is 0 Å². The highest BCUT2D eigenvalue weighted by molar-refractivity contribution is 5.71. The molecule has 0 spiro atoms. The minimum atomic E-state index is -0.926. The summed E-state index contributed by atoms with van der Waals surface area (Å²) in [4.78, 5) is 11.1. The maximum Gasteiger partial charge on any atom is 0.307 e. The van der Waals surface area contributed by atoms with Crippen LogP contribution in [-0.4, -0.2) is 18.2 Å². The first-order valence-electron chi connectivity index (χ1n) is 9.97. The molecule has 6 heteroatoms. The second-order valence-corrected chi connectivity index (χ2v) is 7.44. The Kier molecular flexibility index (Phi) is 7.39. The molecule has 162 valence electrons. The summed E-state index contributed by atoms with van der Waals surface area (Å²) in [5.41, 5.74) is 9.81. The maximum absolute atomic E-state index is 15.1. The van der Waals surface area contributed by atoms with Gasteiger partial charge in [0, 0.05) is 29.8 Å². The molecule has 0 amide bonds. The van der Waals surface area contributed by atoms with Crippen molar-refractivity contribution in [1.29, 1.82) is 0 Å². The van der Waals surface area contributed by atoms with Gasteiger partial charge in [-0.3, -0.25) is 4.79 Å². The van der Waals surface area contributed by atoms with Gasteiger partial charge in [0.1, 0.15) is 18.2 Å². The van der Waals surface area contributed by atoms with E-state index in [9.17, 15) is 4.79 Å². The van der Waals surface area contributed by atoms with Gasteiger partial charge in [-0.1, -0.05) is 42.5 Å². The van der Waals surface area contributed by atoms with Crippen molar-refractivity contribution in [3.05, 3.63) is 88.7 Å². The normalized spacial score (nSPS) is 11.9. The van der Waals surface area contributed by atoms with Crippen LogP contribution in [0, 0.1) is 5.82 Å². The molecule has 0 aromatic heterocycles. The Balaban J connectivity index is 1.94. The lowest BCUT2D eigenvalue weighted by Gasteiger charge is -2.15. The number of benzene rings is 3. The van der Waals surface area contributed by atoms with Crippen LogP contribution in [0.25, 0.3) is 11.1 Å². The third kappa shape index (κ3) is 5.69. The Morgan fingerprint density at radius 2 is 1.77 bits per heavy atom. The van der Waals surface area contributed by atoms with Gasteiger partial charge in [0.25, 0.3) is 0 Å². The molecule has 3 aromatic rings. The van der Waals surface area contributed by atoms with E-state index in [4.69, 9.17) is 20.3 Å². The zero-order valence-corrected chi connectivity index (χ0v) is 17.6. The molecule has 3 aromatic carbocycles. The fourth-order valence-electron chi connectivity index (χ4n) is 3.49. The van der Waals surface area contributed by atoms with Gasteiger partial charge in [0.05, 0.1) is 13.0 Å². The van der Waals surface area contributed by atoms with Crippen molar-refractivity contribution in [1.82, 2.24) is 0 Å². The fourth-order valence-corrected chi connectivity index (χ4v) is 3.49. The average molecular weight is 423 g/mol. The molecular formula is C25H26FNO4. The van der Waals surface area contributed by atoms with Gasteiger partial charge in [0.2, 0.25) is 0 Å². The third-order valence-electron chi connectivity index (χ3n) is 4.90. The minimum absolute atomic E-state index is 0.125. The van der Waals surface area contributed by atoms with Crippen LogP contribution in [0.5, 0.6) is 5.75 Å². The number of hydrogen-bond acceptors (Lipinski definition) is 4. The molecule has 0 aliphatic rings. The number of methoxy groups -OCH3 is 1. The van der Waals surface area contributed by atoms with Gasteiger partial charge in [-0.25, -0.2) is 4.39 Å². The zero-order chi connectivity index (χ0) is 22.4. The number of para-hydroxylation sites is 1. The van der Waals surface area contributed by atoms with E-state index in [1.54, 1.807) is 56.5 Å². The van der Waals surface area contributed by atoms with Crippen LogP contribution in [0.1, 0.15) is 35.2 Å². The largest absolute Gasteiger partial charge is 0.489 e. The smallest absolute Gasteiger partial charge is 0.307 e. The molecule has 0 saturated heterocycles. The number of nitrogens with two attached hydrogens (primary N) is 1. The zero-order valence-electron chi connectivity index (χ0n) is 17.6. The van der Waals surface area contributed by atoms with Crippen LogP contribution in [0.3, 0.4) is 0 Å². The Morgan fingerprint density at radius 3 is 2.45 bits per heavy atom. The molecular weight excluding hydrogens is 397 g/mol. The van der Waals surface area contributed by atoms with Gasteiger partial charge in [0.15, 0.2) is 0 Å². The molecule has 0 bridgehead atoms. The summed E-state index contributed by atoms with van der Waals surface area (Å²) < 4.78 is 26.3. The highest BCUT2D eigenvalue weighted by Crippen LogP contribution is 2.30. The highest BCUT2D eigenvalue weighted by Gasteiger charge is 2.14.